The highest BCUT2D eigenvalue weighted by atomic mass is 32.2. The summed E-state index contributed by atoms with van der Waals surface area (Å²) < 4.78 is 0. The molecule has 0 spiro atoms. The van der Waals surface area contributed by atoms with Gasteiger partial charge >= 0.3 is 0 Å². The number of hydrogen-bond acceptors (Lipinski definition) is 5. The fraction of sp³-hybridized carbons (Fsp3) is 0.323. The average Bonchev–Trinajstić information content (AvgIpc) is 3.04. The van der Waals surface area contributed by atoms with Crippen molar-refractivity contribution in [3.63, 3.8) is 0 Å². The summed E-state index contributed by atoms with van der Waals surface area (Å²) in [4.78, 5) is 42.5. The van der Waals surface area contributed by atoms with E-state index in [1.54, 1.807) is 30.5 Å². The van der Waals surface area contributed by atoms with E-state index in [1.165, 1.54) is 0 Å². The van der Waals surface area contributed by atoms with E-state index in [4.69, 9.17) is 5.73 Å². The molecule has 4 N–H and O–H groups in total. The number of carbonyl (C=O) groups is 3. The van der Waals surface area contributed by atoms with Crippen molar-refractivity contribution in [2.45, 2.75) is 56.8 Å². The second-order valence-electron chi connectivity index (χ2n) is 10.4. The van der Waals surface area contributed by atoms with Gasteiger partial charge in [-0.05, 0) is 73.0 Å². The molecule has 0 fully saturated rings. The number of rotatable bonds is 8. The summed E-state index contributed by atoms with van der Waals surface area (Å²) in [6.07, 6.45) is 2.40. The molecule has 39 heavy (non-hydrogen) atoms. The number of benzene rings is 3. The Balaban J connectivity index is 1.70. The molecule has 1 atom stereocenters. The van der Waals surface area contributed by atoms with E-state index in [9.17, 15) is 14.4 Å². The summed E-state index contributed by atoms with van der Waals surface area (Å²) in [5.74, 6) is -0.720. The Morgan fingerprint density at radius 2 is 1.79 bits per heavy atom. The summed E-state index contributed by atoms with van der Waals surface area (Å²) >= 11 is 1.64. The zero-order valence-corrected chi connectivity index (χ0v) is 23.7. The maximum atomic E-state index is 13.8. The molecule has 0 aromatic heterocycles. The first-order valence-electron chi connectivity index (χ1n) is 13.1. The molecule has 0 radical (unpaired) electrons. The van der Waals surface area contributed by atoms with Gasteiger partial charge in [-0.15, -0.1) is 11.8 Å². The monoisotopic (exact) mass is 544 g/mol. The molecular formula is C31H36N4O3S. The molecule has 8 heteroatoms. The first-order chi connectivity index (χ1) is 18.6. The van der Waals surface area contributed by atoms with Crippen LogP contribution in [-0.4, -0.2) is 47.0 Å². The van der Waals surface area contributed by atoms with Gasteiger partial charge in [-0.1, -0.05) is 48.5 Å². The molecule has 0 unspecified atom stereocenters. The highest BCUT2D eigenvalue weighted by Gasteiger charge is 2.34. The number of carbonyl (C=O) groups excluding carboxylic acids is 3. The maximum absolute atomic E-state index is 13.8. The van der Waals surface area contributed by atoms with Crippen molar-refractivity contribution in [3.05, 3.63) is 89.0 Å². The van der Waals surface area contributed by atoms with Crippen LogP contribution in [0, 0.1) is 0 Å². The van der Waals surface area contributed by atoms with Crippen LogP contribution in [0.3, 0.4) is 0 Å². The summed E-state index contributed by atoms with van der Waals surface area (Å²) in [6.45, 7) is 6.34. The minimum Gasteiger partial charge on any atom is -0.352 e. The van der Waals surface area contributed by atoms with Crippen molar-refractivity contribution >= 4 is 29.5 Å². The van der Waals surface area contributed by atoms with Gasteiger partial charge in [0.15, 0.2) is 0 Å². The van der Waals surface area contributed by atoms with Crippen LogP contribution in [0.4, 0.5) is 0 Å². The Morgan fingerprint density at radius 1 is 1.05 bits per heavy atom. The number of nitrogens with one attached hydrogen (secondary N) is 2. The Hall–Kier alpha value is -3.62. The van der Waals surface area contributed by atoms with E-state index in [1.807, 2.05) is 61.7 Å². The Kier molecular flexibility index (Phi) is 8.77. The fourth-order valence-corrected chi connectivity index (χ4v) is 5.16. The van der Waals surface area contributed by atoms with Crippen molar-refractivity contribution < 1.29 is 14.4 Å². The van der Waals surface area contributed by atoms with Gasteiger partial charge in [-0.25, -0.2) is 0 Å². The van der Waals surface area contributed by atoms with E-state index in [2.05, 4.69) is 28.8 Å². The number of thioether (sulfide) groups is 1. The molecule has 204 valence electrons. The van der Waals surface area contributed by atoms with E-state index >= 15 is 0 Å². The van der Waals surface area contributed by atoms with Crippen molar-refractivity contribution in [3.8, 4) is 11.1 Å². The highest BCUT2D eigenvalue weighted by molar-refractivity contribution is 7.98. The molecule has 0 aliphatic carbocycles. The van der Waals surface area contributed by atoms with E-state index in [0.717, 1.165) is 32.7 Å². The van der Waals surface area contributed by atoms with Crippen molar-refractivity contribution in [2.24, 2.45) is 5.73 Å². The predicted molar refractivity (Wildman–Crippen MR) is 156 cm³/mol. The smallest absolute Gasteiger partial charge is 0.251 e. The fourth-order valence-electron chi connectivity index (χ4n) is 4.70. The number of fused-ring (bicyclic) bond motifs is 1. The van der Waals surface area contributed by atoms with Crippen LogP contribution in [0.15, 0.2) is 71.6 Å². The van der Waals surface area contributed by atoms with Crippen LogP contribution >= 0.6 is 11.8 Å². The lowest BCUT2D eigenvalue weighted by atomic mass is 9.96. The summed E-state index contributed by atoms with van der Waals surface area (Å²) in [5.41, 5.74) is 10.1. The van der Waals surface area contributed by atoms with Gasteiger partial charge in [-0.2, -0.15) is 0 Å². The SMILES string of the molecule is CCNC(=O)c1cc(CN2Cc3ccc(SC)cc3C[C@@H](NC(=O)C(C)(C)N)C2=O)ccc1-c1ccccc1. The summed E-state index contributed by atoms with van der Waals surface area (Å²) in [6, 6.07) is 21.0. The lowest BCUT2D eigenvalue weighted by Crippen LogP contribution is -2.56. The molecule has 1 heterocycles. The number of hydrogen-bond donors (Lipinski definition) is 3. The van der Waals surface area contributed by atoms with Crippen molar-refractivity contribution in [2.75, 3.05) is 12.8 Å². The minimum absolute atomic E-state index is 0.161. The van der Waals surface area contributed by atoms with Crippen LogP contribution in [0.1, 0.15) is 47.8 Å². The standard InChI is InChI=1S/C31H36N4O3S/c1-5-33-28(36)26-15-20(11-14-25(26)21-9-7-6-8-10-21)18-35-19-22-12-13-24(39-4)16-23(22)17-27(29(35)37)34-30(38)31(2,3)32/h6-16,27H,5,17-19,32H2,1-4H3,(H,33,36)(H,34,38)/t27-/m1/s1. The van der Waals surface area contributed by atoms with Gasteiger partial charge in [0.25, 0.3) is 5.91 Å². The molecule has 3 amide bonds. The predicted octanol–water partition coefficient (Wildman–Crippen LogP) is 4.13. The van der Waals surface area contributed by atoms with Gasteiger partial charge in [0.05, 0.1) is 5.54 Å². The molecule has 7 nitrogen and oxygen atoms in total. The van der Waals surface area contributed by atoms with Gasteiger partial charge in [0.2, 0.25) is 11.8 Å². The topological polar surface area (TPSA) is 105 Å². The third kappa shape index (κ3) is 6.69. The molecule has 1 aliphatic rings. The van der Waals surface area contributed by atoms with Crippen LogP contribution in [-0.2, 0) is 29.1 Å². The van der Waals surface area contributed by atoms with Crippen LogP contribution < -0.4 is 16.4 Å². The number of amides is 3. The van der Waals surface area contributed by atoms with Gasteiger partial charge in [0.1, 0.15) is 6.04 Å². The third-order valence-electron chi connectivity index (χ3n) is 6.82. The second-order valence-corrected chi connectivity index (χ2v) is 11.3. The second kappa shape index (κ2) is 12.1. The Labute approximate surface area is 234 Å². The third-order valence-corrected chi connectivity index (χ3v) is 7.55. The largest absolute Gasteiger partial charge is 0.352 e. The van der Waals surface area contributed by atoms with Crippen LogP contribution in [0.5, 0.6) is 0 Å². The maximum Gasteiger partial charge on any atom is 0.251 e. The number of nitrogens with two attached hydrogens (primary N) is 1. The van der Waals surface area contributed by atoms with Crippen LogP contribution in [0.2, 0.25) is 0 Å². The highest BCUT2D eigenvalue weighted by Crippen LogP contribution is 2.28. The Bertz CT molecular complexity index is 1370. The minimum atomic E-state index is -1.11. The molecule has 0 saturated heterocycles. The zero-order chi connectivity index (χ0) is 28.2. The van der Waals surface area contributed by atoms with Gasteiger partial charge in [0, 0.05) is 36.5 Å². The van der Waals surface area contributed by atoms with E-state index < -0.39 is 11.6 Å². The van der Waals surface area contributed by atoms with E-state index in [0.29, 0.717) is 31.6 Å². The molecule has 3 aromatic rings. The molecule has 0 bridgehead atoms. The Morgan fingerprint density at radius 3 is 2.46 bits per heavy atom. The quantitative estimate of drug-likeness (QED) is 0.370. The lowest BCUT2D eigenvalue weighted by Gasteiger charge is -2.27. The zero-order valence-electron chi connectivity index (χ0n) is 22.9. The molecule has 1 aliphatic heterocycles. The molecular weight excluding hydrogens is 508 g/mol. The van der Waals surface area contributed by atoms with Crippen molar-refractivity contribution in [1.29, 1.82) is 0 Å². The normalized spacial score (nSPS) is 15.4. The van der Waals surface area contributed by atoms with Gasteiger partial charge < -0.3 is 21.3 Å². The lowest BCUT2D eigenvalue weighted by molar-refractivity contribution is -0.138. The van der Waals surface area contributed by atoms with Crippen LogP contribution in [0.25, 0.3) is 11.1 Å². The van der Waals surface area contributed by atoms with E-state index in [-0.39, 0.29) is 17.7 Å². The first-order valence-corrected chi connectivity index (χ1v) is 14.3. The summed E-state index contributed by atoms with van der Waals surface area (Å²) in [7, 11) is 0. The molecule has 0 saturated carbocycles. The van der Waals surface area contributed by atoms with Gasteiger partial charge in [-0.3, -0.25) is 14.4 Å². The number of nitrogens with zero attached hydrogens (tertiary/aromatic N) is 1. The van der Waals surface area contributed by atoms with Crippen molar-refractivity contribution in [1.82, 2.24) is 15.5 Å². The summed E-state index contributed by atoms with van der Waals surface area (Å²) in [5, 5.41) is 5.80. The molecule has 3 aromatic carbocycles. The first kappa shape index (κ1) is 28.4. The average molecular weight is 545 g/mol. The molecule has 4 rings (SSSR count).